The van der Waals surface area contributed by atoms with Crippen LogP contribution in [-0.4, -0.2) is 20.9 Å². The molecule has 0 aliphatic heterocycles. The van der Waals surface area contributed by atoms with E-state index >= 15 is 0 Å². The van der Waals surface area contributed by atoms with Crippen LogP contribution in [0.1, 0.15) is 11.3 Å². The number of nitrogens with zero attached hydrogens (tertiary/aromatic N) is 3. The fourth-order valence-electron chi connectivity index (χ4n) is 2.44. The lowest BCUT2D eigenvalue weighted by atomic mass is 10.3. The van der Waals surface area contributed by atoms with E-state index in [0.717, 1.165) is 21.6 Å². The number of pyridine rings is 1. The Balaban J connectivity index is 1.40. The molecule has 0 bridgehead atoms. The maximum Gasteiger partial charge on any atom is 0.232 e. The van der Waals surface area contributed by atoms with Crippen LogP contribution in [-0.2, 0) is 11.2 Å². The SMILES string of the molecule is Cc1ccnc(Nc2nc(CC(=O)Nc3nc4ccc(Cl)cc4s3)cs2)c1. The maximum absolute atomic E-state index is 12.3. The molecule has 0 unspecified atom stereocenters. The van der Waals surface area contributed by atoms with Crippen molar-refractivity contribution in [1.29, 1.82) is 0 Å². The van der Waals surface area contributed by atoms with Gasteiger partial charge in [0, 0.05) is 16.6 Å². The van der Waals surface area contributed by atoms with Gasteiger partial charge in [0.15, 0.2) is 10.3 Å². The Labute approximate surface area is 168 Å². The van der Waals surface area contributed by atoms with E-state index in [4.69, 9.17) is 11.6 Å². The number of nitrogens with one attached hydrogen (secondary N) is 2. The second-order valence-corrected chi connectivity index (χ2v) is 8.17. The van der Waals surface area contributed by atoms with E-state index in [0.29, 0.717) is 21.0 Å². The van der Waals surface area contributed by atoms with Gasteiger partial charge in [-0.3, -0.25) is 4.79 Å². The van der Waals surface area contributed by atoms with E-state index in [2.05, 4.69) is 25.6 Å². The molecular formula is C18H14ClN5OS2. The molecule has 3 aromatic heterocycles. The van der Waals surface area contributed by atoms with E-state index in [1.165, 1.54) is 22.7 Å². The van der Waals surface area contributed by atoms with Crippen LogP contribution in [0.5, 0.6) is 0 Å². The number of benzene rings is 1. The zero-order valence-corrected chi connectivity index (χ0v) is 16.6. The number of fused-ring (bicyclic) bond motifs is 1. The smallest absolute Gasteiger partial charge is 0.232 e. The fraction of sp³-hybridized carbons (Fsp3) is 0.111. The molecule has 27 heavy (non-hydrogen) atoms. The van der Waals surface area contributed by atoms with Crippen LogP contribution in [0.25, 0.3) is 10.2 Å². The molecule has 4 rings (SSSR count). The fourth-order valence-corrected chi connectivity index (χ4v) is 4.31. The van der Waals surface area contributed by atoms with Crippen molar-refractivity contribution in [3.05, 3.63) is 58.2 Å². The number of thiazole rings is 2. The van der Waals surface area contributed by atoms with Crippen LogP contribution in [0, 0.1) is 6.92 Å². The lowest BCUT2D eigenvalue weighted by Gasteiger charge is -2.02. The number of anilines is 3. The molecule has 0 aliphatic carbocycles. The first-order valence-corrected chi connectivity index (χ1v) is 10.1. The zero-order chi connectivity index (χ0) is 18.8. The molecule has 0 fully saturated rings. The van der Waals surface area contributed by atoms with Crippen LogP contribution in [0.3, 0.4) is 0 Å². The van der Waals surface area contributed by atoms with E-state index < -0.39 is 0 Å². The molecule has 1 amide bonds. The minimum absolute atomic E-state index is 0.161. The van der Waals surface area contributed by atoms with Crippen LogP contribution < -0.4 is 10.6 Å². The monoisotopic (exact) mass is 415 g/mol. The molecule has 6 nitrogen and oxygen atoms in total. The number of amides is 1. The molecule has 136 valence electrons. The first-order chi connectivity index (χ1) is 13.0. The summed E-state index contributed by atoms with van der Waals surface area (Å²) in [5.74, 6) is 0.569. The van der Waals surface area contributed by atoms with E-state index in [9.17, 15) is 4.79 Å². The third-order valence-electron chi connectivity index (χ3n) is 3.64. The summed E-state index contributed by atoms with van der Waals surface area (Å²) >= 11 is 8.81. The molecule has 0 radical (unpaired) electrons. The molecule has 0 saturated carbocycles. The highest BCUT2D eigenvalue weighted by molar-refractivity contribution is 7.22. The van der Waals surface area contributed by atoms with Crippen molar-refractivity contribution in [1.82, 2.24) is 15.0 Å². The number of aromatic nitrogens is 3. The molecule has 0 atom stereocenters. The van der Waals surface area contributed by atoms with E-state index in [1.807, 2.05) is 36.6 Å². The van der Waals surface area contributed by atoms with Gasteiger partial charge in [0.25, 0.3) is 0 Å². The van der Waals surface area contributed by atoms with Gasteiger partial charge in [0.1, 0.15) is 5.82 Å². The Hall–Kier alpha value is -2.55. The van der Waals surface area contributed by atoms with Crippen molar-refractivity contribution < 1.29 is 4.79 Å². The number of rotatable bonds is 5. The van der Waals surface area contributed by atoms with E-state index in [1.54, 1.807) is 12.3 Å². The molecule has 1 aromatic carbocycles. The first-order valence-electron chi connectivity index (χ1n) is 8.05. The van der Waals surface area contributed by atoms with Crippen molar-refractivity contribution in [3.8, 4) is 0 Å². The first kappa shape index (κ1) is 17.8. The van der Waals surface area contributed by atoms with Gasteiger partial charge in [-0.2, -0.15) is 0 Å². The summed E-state index contributed by atoms with van der Waals surface area (Å²) in [6, 6.07) is 9.32. The van der Waals surface area contributed by atoms with Crippen LogP contribution in [0.2, 0.25) is 5.02 Å². The summed E-state index contributed by atoms with van der Waals surface area (Å²) in [6.07, 6.45) is 1.92. The molecule has 3 heterocycles. The predicted octanol–water partition coefficient (Wildman–Crippen LogP) is 5.03. The largest absolute Gasteiger partial charge is 0.316 e. The Morgan fingerprint density at radius 3 is 2.93 bits per heavy atom. The highest BCUT2D eigenvalue weighted by Crippen LogP contribution is 2.28. The maximum atomic E-state index is 12.3. The van der Waals surface area contributed by atoms with Gasteiger partial charge in [-0.15, -0.1) is 11.3 Å². The average Bonchev–Trinajstić information content (AvgIpc) is 3.20. The summed E-state index contributed by atoms with van der Waals surface area (Å²) < 4.78 is 0.934. The zero-order valence-electron chi connectivity index (χ0n) is 14.2. The average molecular weight is 416 g/mol. The van der Waals surface area contributed by atoms with Crippen molar-refractivity contribution >= 4 is 66.5 Å². The Morgan fingerprint density at radius 2 is 2.07 bits per heavy atom. The molecule has 2 N–H and O–H groups in total. The Kier molecular flexibility index (Phi) is 5.02. The minimum atomic E-state index is -0.161. The van der Waals surface area contributed by atoms with Gasteiger partial charge < -0.3 is 10.6 Å². The molecule has 0 saturated heterocycles. The highest BCUT2D eigenvalue weighted by atomic mass is 35.5. The second-order valence-electron chi connectivity index (χ2n) is 5.84. The standard InChI is InChI=1S/C18H14ClN5OS2/c1-10-4-5-20-15(6-10)23-17-21-12(9-26-17)8-16(25)24-18-22-13-3-2-11(19)7-14(13)27-18/h2-7,9H,8H2,1H3,(H,20,21,23)(H,22,24,25). The third kappa shape index (κ3) is 4.41. The van der Waals surface area contributed by atoms with Gasteiger partial charge in [-0.1, -0.05) is 22.9 Å². The summed E-state index contributed by atoms with van der Waals surface area (Å²) in [5.41, 5.74) is 2.61. The summed E-state index contributed by atoms with van der Waals surface area (Å²) in [5, 5.41) is 9.73. The number of hydrogen-bond donors (Lipinski definition) is 2. The number of aryl methyl sites for hydroxylation is 1. The molecular weight excluding hydrogens is 402 g/mol. The topological polar surface area (TPSA) is 79.8 Å². The van der Waals surface area contributed by atoms with Crippen LogP contribution in [0.4, 0.5) is 16.1 Å². The summed E-state index contributed by atoms with van der Waals surface area (Å²) in [7, 11) is 0. The minimum Gasteiger partial charge on any atom is -0.316 e. The summed E-state index contributed by atoms with van der Waals surface area (Å²) in [4.78, 5) is 25.4. The normalized spacial score (nSPS) is 10.9. The number of hydrogen-bond acceptors (Lipinski definition) is 7. The van der Waals surface area contributed by atoms with Crippen LogP contribution >= 0.6 is 34.3 Å². The quantitative estimate of drug-likeness (QED) is 0.477. The Bertz CT molecular complexity index is 1120. The van der Waals surface area contributed by atoms with Crippen molar-refractivity contribution in [3.63, 3.8) is 0 Å². The second kappa shape index (κ2) is 7.59. The highest BCUT2D eigenvalue weighted by Gasteiger charge is 2.11. The van der Waals surface area contributed by atoms with Gasteiger partial charge in [-0.25, -0.2) is 15.0 Å². The predicted molar refractivity (Wildman–Crippen MR) is 111 cm³/mol. The van der Waals surface area contributed by atoms with Gasteiger partial charge in [-0.05, 0) is 42.8 Å². The summed E-state index contributed by atoms with van der Waals surface area (Å²) in [6.45, 7) is 2.00. The molecule has 0 spiro atoms. The number of carbonyl (C=O) groups excluding carboxylic acids is 1. The van der Waals surface area contributed by atoms with Crippen molar-refractivity contribution in [2.75, 3.05) is 10.6 Å². The number of halogens is 1. The van der Waals surface area contributed by atoms with Crippen LogP contribution in [0.15, 0.2) is 41.9 Å². The van der Waals surface area contributed by atoms with Gasteiger partial charge in [0.2, 0.25) is 5.91 Å². The van der Waals surface area contributed by atoms with Crippen molar-refractivity contribution in [2.24, 2.45) is 0 Å². The Morgan fingerprint density at radius 1 is 1.19 bits per heavy atom. The lowest BCUT2D eigenvalue weighted by molar-refractivity contribution is -0.115. The number of carbonyl (C=O) groups is 1. The van der Waals surface area contributed by atoms with Crippen molar-refractivity contribution in [2.45, 2.75) is 13.3 Å². The molecule has 9 heteroatoms. The van der Waals surface area contributed by atoms with Gasteiger partial charge >= 0.3 is 0 Å². The third-order valence-corrected chi connectivity index (χ3v) is 5.62. The molecule has 0 aliphatic rings. The van der Waals surface area contributed by atoms with E-state index in [-0.39, 0.29) is 12.3 Å². The molecule has 4 aromatic rings. The lowest BCUT2D eigenvalue weighted by Crippen LogP contribution is -2.14. The van der Waals surface area contributed by atoms with Gasteiger partial charge in [0.05, 0.1) is 22.3 Å².